The van der Waals surface area contributed by atoms with E-state index in [4.69, 9.17) is 16.3 Å². The van der Waals surface area contributed by atoms with Crippen LogP contribution in [-0.4, -0.2) is 48.9 Å². The predicted octanol–water partition coefficient (Wildman–Crippen LogP) is 3.88. The van der Waals surface area contributed by atoms with Crippen molar-refractivity contribution in [2.45, 2.75) is 39.0 Å². The van der Waals surface area contributed by atoms with Crippen molar-refractivity contribution < 1.29 is 27.5 Å². The summed E-state index contributed by atoms with van der Waals surface area (Å²) in [7, 11) is -2.40. The number of hydrogen-bond donors (Lipinski definition) is 1. The number of carbonyl (C=O) groups excluding carboxylic acids is 3. The SMILES string of the molecule is CCOC(=O)c1c(NC(=O)CS(=O)(=O)CC(=O)N=c2sc3cc(Cl)ccc3n2C)sc2c1CCCCC2. The molecule has 9 nitrogen and oxygen atoms in total. The van der Waals surface area contributed by atoms with Crippen molar-refractivity contribution in [3.63, 3.8) is 0 Å². The van der Waals surface area contributed by atoms with Gasteiger partial charge in [0.15, 0.2) is 14.6 Å². The van der Waals surface area contributed by atoms with E-state index in [2.05, 4.69) is 10.3 Å². The Kier molecular flexibility index (Phi) is 8.52. The normalized spacial score (nSPS) is 14.3. The minimum absolute atomic E-state index is 0.182. The lowest BCUT2D eigenvalue weighted by Gasteiger charge is -2.08. The first-order chi connectivity index (χ1) is 17.6. The van der Waals surface area contributed by atoms with E-state index in [1.165, 1.54) is 22.7 Å². The lowest BCUT2D eigenvalue weighted by Crippen LogP contribution is -2.28. The Hall–Kier alpha value is -2.54. The first kappa shape index (κ1) is 27.5. The van der Waals surface area contributed by atoms with Crippen LogP contribution >= 0.6 is 34.3 Å². The van der Waals surface area contributed by atoms with E-state index in [0.29, 0.717) is 21.8 Å². The molecule has 2 heterocycles. The Labute approximate surface area is 227 Å². The van der Waals surface area contributed by atoms with Crippen LogP contribution in [-0.2, 0) is 44.1 Å². The number of fused-ring (bicyclic) bond motifs is 2. The minimum Gasteiger partial charge on any atom is -0.462 e. The van der Waals surface area contributed by atoms with Gasteiger partial charge in [-0.3, -0.25) is 9.59 Å². The first-order valence-electron chi connectivity index (χ1n) is 11.7. The summed E-state index contributed by atoms with van der Waals surface area (Å²) in [6.45, 7) is 1.88. The van der Waals surface area contributed by atoms with Gasteiger partial charge in [-0.25, -0.2) is 13.2 Å². The van der Waals surface area contributed by atoms with Crippen molar-refractivity contribution >= 4 is 77.1 Å². The molecule has 4 rings (SSSR count). The maximum absolute atomic E-state index is 12.7. The Balaban J connectivity index is 1.49. The number of ether oxygens (including phenoxy) is 1. The van der Waals surface area contributed by atoms with Crippen LogP contribution in [0.5, 0.6) is 0 Å². The second kappa shape index (κ2) is 11.5. The van der Waals surface area contributed by atoms with Gasteiger partial charge in [-0.05, 0) is 56.4 Å². The highest BCUT2D eigenvalue weighted by Gasteiger charge is 2.28. The molecule has 0 unspecified atom stereocenters. The molecule has 0 atom stereocenters. The molecule has 0 saturated heterocycles. The van der Waals surface area contributed by atoms with Crippen LogP contribution in [0.2, 0.25) is 5.02 Å². The summed E-state index contributed by atoms with van der Waals surface area (Å²) in [5.74, 6) is -4.06. The highest BCUT2D eigenvalue weighted by molar-refractivity contribution is 7.92. The second-order valence-electron chi connectivity index (χ2n) is 8.63. The molecule has 0 spiro atoms. The molecule has 2 aromatic heterocycles. The number of sulfone groups is 1. The van der Waals surface area contributed by atoms with Crippen LogP contribution in [0.1, 0.15) is 47.0 Å². The van der Waals surface area contributed by atoms with Crippen LogP contribution in [0.3, 0.4) is 0 Å². The summed E-state index contributed by atoms with van der Waals surface area (Å²) >= 11 is 8.50. The van der Waals surface area contributed by atoms with Gasteiger partial charge in [0.1, 0.15) is 16.5 Å². The molecular formula is C24H26ClN3O6S3. The lowest BCUT2D eigenvalue weighted by molar-refractivity contribution is -0.115. The van der Waals surface area contributed by atoms with Crippen LogP contribution in [0.4, 0.5) is 5.00 Å². The molecule has 2 amide bonds. The summed E-state index contributed by atoms with van der Waals surface area (Å²) < 4.78 is 33.0. The number of amides is 2. The number of nitrogens with zero attached hydrogens (tertiary/aromatic N) is 2. The molecule has 0 fully saturated rings. The number of benzene rings is 1. The number of thiophene rings is 1. The third-order valence-electron chi connectivity index (χ3n) is 5.84. The molecule has 1 aliphatic rings. The highest BCUT2D eigenvalue weighted by atomic mass is 35.5. The predicted molar refractivity (Wildman–Crippen MR) is 145 cm³/mol. The Morgan fingerprint density at radius 3 is 2.65 bits per heavy atom. The molecule has 0 aliphatic heterocycles. The summed E-state index contributed by atoms with van der Waals surface area (Å²) in [6, 6.07) is 5.23. The van der Waals surface area contributed by atoms with Crippen molar-refractivity contribution in [1.29, 1.82) is 0 Å². The molecule has 1 aromatic carbocycles. The fourth-order valence-corrected chi connectivity index (χ4v) is 7.82. The lowest BCUT2D eigenvalue weighted by atomic mass is 10.1. The van der Waals surface area contributed by atoms with Gasteiger partial charge >= 0.3 is 5.97 Å². The average molecular weight is 584 g/mol. The Morgan fingerprint density at radius 1 is 1.14 bits per heavy atom. The van der Waals surface area contributed by atoms with Crippen LogP contribution in [0.15, 0.2) is 23.2 Å². The van der Waals surface area contributed by atoms with Gasteiger partial charge in [0, 0.05) is 16.9 Å². The number of thiazole rings is 1. The molecule has 0 saturated carbocycles. The second-order valence-corrected chi connectivity index (χ2v) is 13.2. The fraction of sp³-hybridized carbons (Fsp3) is 0.417. The van der Waals surface area contributed by atoms with E-state index < -0.39 is 39.1 Å². The summed E-state index contributed by atoms with van der Waals surface area (Å²) in [5.41, 5.74) is 1.97. The van der Waals surface area contributed by atoms with Gasteiger partial charge in [-0.15, -0.1) is 11.3 Å². The first-order valence-corrected chi connectivity index (χ1v) is 15.6. The van der Waals surface area contributed by atoms with Crippen LogP contribution in [0, 0.1) is 0 Å². The molecule has 1 aliphatic carbocycles. The zero-order valence-corrected chi connectivity index (χ0v) is 23.5. The number of nitrogens with one attached hydrogen (secondary N) is 1. The zero-order chi connectivity index (χ0) is 26.7. The smallest absolute Gasteiger partial charge is 0.341 e. The Bertz CT molecular complexity index is 1550. The van der Waals surface area contributed by atoms with E-state index in [9.17, 15) is 22.8 Å². The number of aromatic nitrogens is 1. The number of halogens is 1. The molecule has 0 radical (unpaired) electrons. The third kappa shape index (κ3) is 6.49. The van der Waals surface area contributed by atoms with Gasteiger partial charge in [0.05, 0.1) is 22.4 Å². The molecule has 0 bridgehead atoms. The van der Waals surface area contributed by atoms with Crippen molar-refractivity contribution in [3.8, 4) is 0 Å². The highest BCUT2D eigenvalue weighted by Crippen LogP contribution is 2.38. The van der Waals surface area contributed by atoms with Crippen molar-refractivity contribution in [1.82, 2.24) is 4.57 Å². The maximum Gasteiger partial charge on any atom is 0.341 e. The van der Waals surface area contributed by atoms with Gasteiger partial charge in [-0.1, -0.05) is 29.4 Å². The van der Waals surface area contributed by atoms with Gasteiger partial charge in [0.2, 0.25) is 5.91 Å². The van der Waals surface area contributed by atoms with Gasteiger partial charge in [-0.2, -0.15) is 4.99 Å². The van der Waals surface area contributed by atoms with E-state index >= 15 is 0 Å². The topological polar surface area (TPSA) is 124 Å². The quantitative estimate of drug-likeness (QED) is 0.332. The summed E-state index contributed by atoms with van der Waals surface area (Å²) in [6.07, 6.45) is 4.45. The van der Waals surface area contributed by atoms with Crippen molar-refractivity contribution in [2.24, 2.45) is 12.0 Å². The van der Waals surface area contributed by atoms with E-state index in [1.54, 1.807) is 36.7 Å². The summed E-state index contributed by atoms with van der Waals surface area (Å²) in [5, 5.41) is 3.41. The van der Waals surface area contributed by atoms with Gasteiger partial charge in [0.25, 0.3) is 5.91 Å². The van der Waals surface area contributed by atoms with Crippen LogP contribution in [0.25, 0.3) is 10.2 Å². The number of esters is 1. The van der Waals surface area contributed by atoms with Gasteiger partial charge < -0.3 is 14.6 Å². The van der Waals surface area contributed by atoms with E-state index in [-0.39, 0.29) is 11.6 Å². The fourth-order valence-electron chi connectivity index (χ4n) is 4.20. The molecule has 37 heavy (non-hydrogen) atoms. The molecular weight excluding hydrogens is 558 g/mol. The number of carbonyl (C=O) groups is 3. The largest absolute Gasteiger partial charge is 0.462 e. The van der Waals surface area contributed by atoms with Crippen molar-refractivity contribution in [2.75, 3.05) is 23.4 Å². The molecule has 198 valence electrons. The van der Waals surface area contributed by atoms with Crippen molar-refractivity contribution in [3.05, 3.63) is 44.0 Å². The number of rotatable bonds is 7. The minimum atomic E-state index is -4.11. The Morgan fingerprint density at radius 2 is 1.89 bits per heavy atom. The molecule has 1 N–H and O–H groups in total. The zero-order valence-electron chi connectivity index (χ0n) is 20.3. The molecule has 13 heteroatoms. The van der Waals surface area contributed by atoms with E-state index in [1.807, 2.05) is 0 Å². The number of hydrogen-bond acceptors (Lipinski definition) is 8. The third-order valence-corrected chi connectivity index (χ3v) is 9.77. The monoisotopic (exact) mass is 583 g/mol. The van der Waals surface area contributed by atoms with Crippen LogP contribution < -0.4 is 10.1 Å². The molecule has 3 aromatic rings. The summed E-state index contributed by atoms with van der Waals surface area (Å²) in [4.78, 5) is 43.1. The average Bonchev–Trinajstić information content (AvgIpc) is 3.18. The maximum atomic E-state index is 12.7. The number of aryl methyl sites for hydroxylation is 2. The van der Waals surface area contributed by atoms with E-state index in [0.717, 1.165) is 46.3 Å². The number of anilines is 1. The standard InChI is InChI=1S/C24H26ClN3O6S3/c1-3-34-23(31)21-15-7-5-4-6-8-17(15)35-22(21)26-19(29)12-37(32,33)13-20(30)27-24-28(2)16-10-9-14(25)11-18(16)36-24/h9-11H,3-8,12-13H2,1-2H3,(H,26,29).